The molecule has 3 aliphatic rings. The highest BCUT2D eigenvalue weighted by molar-refractivity contribution is 7.16. The molecule has 2 aromatic rings. The van der Waals surface area contributed by atoms with E-state index >= 15 is 0 Å². The standard InChI is InChI=1S/C23H26ClNOS.C2H6/c24-21-14-19-20(27-21)11-12-25(22(19)16-5-2-1-3-6-16)23(26)18-10-9-15-7-4-8-17(15)13-18;1-2/h1-3,5-6,14-15,17-18,22H,4,7-13H2;1-2H3. The third-order valence-corrected chi connectivity index (χ3v) is 8.37. The first-order chi connectivity index (χ1) is 14.2. The highest BCUT2D eigenvalue weighted by Gasteiger charge is 2.41. The summed E-state index contributed by atoms with van der Waals surface area (Å²) in [6.45, 7) is 4.81. The number of halogens is 1. The molecule has 0 radical (unpaired) electrons. The molecule has 2 aliphatic carbocycles. The quantitative estimate of drug-likeness (QED) is 0.497. The van der Waals surface area contributed by atoms with Gasteiger partial charge < -0.3 is 4.90 Å². The van der Waals surface area contributed by atoms with Crippen LogP contribution in [-0.4, -0.2) is 17.4 Å². The van der Waals surface area contributed by atoms with E-state index in [9.17, 15) is 4.79 Å². The Balaban J connectivity index is 0.000000994. The largest absolute Gasteiger partial charge is 0.331 e. The molecule has 5 rings (SSSR count). The van der Waals surface area contributed by atoms with Crippen LogP contribution in [0.4, 0.5) is 0 Å². The maximum absolute atomic E-state index is 13.6. The lowest BCUT2D eigenvalue weighted by atomic mass is 9.75. The molecule has 1 amide bonds. The van der Waals surface area contributed by atoms with E-state index in [4.69, 9.17) is 11.6 Å². The van der Waals surface area contributed by atoms with Gasteiger partial charge in [0.2, 0.25) is 5.91 Å². The molecule has 0 spiro atoms. The molecule has 4 unspecified atom stereocenters. The van der Waals surface area contributed by atoms with Crippen molar-refractivity contribution in [1.29, 1.82) is 0 Å². The minimum atomic E-state index is 0.0208. The van der Waals surface area contributed by atoms with Gasteiger partial charge in [-0.2, -0.15) is 0 Å². The molecule has 0 N–H and O–H groups in total. The monoisotopic (exact) mass is 429 g/mol. The van der Waals surface area contributed by atoms with Gasteiger partial charge in [0.1, 0.15) is 0 Å². The van der Waals surface area contributed by atoms with Crippen LogP contribution < -0.4 is 0 Å². The zero-order valence-electron chi connectivity index (χ0n) is 17.6. The number of carbonyl (C=O) groups is 1. The summed E-state index contributed by atoms with van der Waals surface area (Å²) in [6.07, 6.45) is 8.46. The lowest BCUT2D eigenvalue weighted by Crippen LogP contribution is -2.44. The van der Waals surface area contributed by atoms with E-state index in [1.165, 1.54) is 41.7 Å². The maximum atomic E-state index is 13.6. The average molecular weight is 430 g/mol. The van der Waals surface area contributed by atoms with Gasteiger partial charge in [-0.05, 0) is 54.7 Å². The highest BCUT2D eigenvalue weighted by Crippen LogP contribution is 2.47. The summed E-state index contributed by atoms with van der Waals surface area (Å²) in [4.78, 5) is 17.2. The number of rotatable bonds is 2. The topological polar surface area (TPSA) is 20.3 Å². The van der Waals surface area contributed by atoms with E-state index in [1.54, 1.807) is 11.3 Å². The molecule has 2 saturated carbocycles. The van der Waals surface area contributed by atoms with Gasteiger partial charge in [-0.1, -0.05) is 75.0 Å². The van der Waals surface area contributed by atoms with Crippen molar-refractivity contribution in [2.45, 2.75) is 64.8 Å². The minimum absolute atomic E-state index is 0.0208. The Labute approximate surface area is 184 Å². The number of benzene rings is 1. The van der Waals surface area contributed by atoms with E-state index in [1.807, 2.05) is 19.9 Å². The van der Waals surface area contributed by atoms with Crippen LogP contribution in [0.25, 0.3) is 0 Å². The van der Waals surface area contributed by atoms with Crippen molar-refractivity contribution in [1.82, 2.24) is 4.90 Å². The van der Waals surface area contributed by atoms with Crippen molar-refractivity contribution >= 4 is 28.8 Å². The van der Waals surface area contributed by atoms with Crippen LogP contribution in [0.1, 0.15) is 74.4 Å². The molecule has 2 heterocycles. The second-order valence-corrected chi connectivity index (χ2v) is 10.3. The first-order valence-corrected chi connectivity index (χ1v) is 12.5. The first-order valence-electron chi connectivity index (χ1n) is 11.3. The summed E-state index contributed by atoms with van der Waals surface area (Å²) in [6, 6.07) is 12.6. The summed E-state index contributed by atoms with van der Waals surface area (Å²) >= 11 is 8.03. The fraction of sp³-hybridized carbons (Fsp3) is 0.560. The molecular formula is C25H32ClNOS. The predicted octanol–water partition coefficient (Wildman–Crippen LogP) is 7.12. The summed E-state index contributed by atoms with van der Waals surface area (Å²) < 4.78 is 0.835. The Hall–Kier alpha value is -1.32. The lowest BCUT2D eigenvalue weighted by Gasteiger charge is -2.40. The van der Waals surface area contributed by atoms with Gasteiger partial charge in [0, 0.05) is 17.3 Å². The van der Waals surface area contributed by atoms with Crippen molar-refractivity contribution in [3.8, 4) is 0 Å². The zero-order valence-corrected chi connectivity index (χ0v) is 19.1. The SMILES string of the molecule is CC.O=C(C1CCC2CCCC2C1)N1CCc2sc(Cl)cc2C1c1ccccc1. The molecule has 4 heteroatoms. The molecule has 156 valence electrons. The summed E-state index contributed by atoms with van der Waals surface area (Å²) in [5.74, 6) is 2.27. The van der Waals surface area contributed by atoms with Gasteiger partial charge in [0.05, 0.1) is 10.4 Å². The Kier molecular flexibility index (Phi) is 6.66. The molecule has 29 heavy (non-hydrogen) atoms. The number of hydrogen-bond donors (Lipinski definition) is 0. The van der Waals surface area contributed by atoms with E-state index in [-0.39, 0.29) is 12.0 Å². The van der Waals surface area contributed by atoms with Crippen molar-refractivity contribution in [3.63, 3.8) is 0 Å². The fourth-order valence-electron chi connectivity index (χ4n) is 5.75. The number of nitrogens with zero attached hydrogens (tertiary/aromatic N) is 1. The van der Waals surface area contributed by atoms with Gasteiger partial charge in [-0.25, -0.2) is 0 Å². The first kappa shape index (κ1) is 20.9. The number of carbonyl (C=O) groups excluding carboxylic acids is 1. The molecule has 2 fully saturated rings. The Morgan fingerprint density at radius 1 is 1.07 bits per heavy atom. The summed E-state index contributed by atoms with van der Waals surface area (Å²) in [7, 11) is 0. The molecule has 0 saturated heterocycles. The molecular weight excluding hydrogens is 398 g/mol. The summed E-state index contributed by atoms with van der Waals surface area (Å²) in [5, 5.41) is 0. The molecule has 1 aliphatic heterocycles. The van der Waals surface area contributed by atoms with Crippen molar-refractivity contribution in [3.05, 3.63) is 56.7 Å². The smallest absolute Gasteiger partial charge is 0.226 e. The third-order valence-electron chi connectivity index (χ3n) is 7.03. The van der Waals surface area contributed by atoms with Gasteiger partial charge >= 0.3 is 0 Å². The van der Waals surface area contributed by atoms with Crippen LogP contribution in [0, 0.1) is 17.8 Å². The second-order valence-electron chi connectivity index (χ2n) is 8.48. The molecule has 1 aromatic carbocycles. The van der Waals surface area contributed by atoms with Crippen molar-refractivity contribution in [2.24, 2.45) is 17.8 Å². The van der Waals surface area contributed by atoms with Gasteiger partial charge in [-0.15, -0.1) is 11.3 Å². The van der Waals surface area contributed by atoms with Gasteiger partial charge in [0.25, 0.3) is 0 Å². The van der Waals surface area contributed by atoms with Gasteiger partial charge in [-0.3, -0.25) is 4.79 Å². The van der Waals surface area contributed by atoms with Crippen LogP contribution in [0.15, 0.2) is 36.4 Å². The van der Waals surface area contributed by atoms with Crippen LogP contribution >= 0.6 is 22.9 Å². The molecule has 0 bridgehead atoms. The Morgan fingerprint density at radius 2 is 1.83 bits per heavy atom. The summed E-state index contributed by atoms with van der Waals surface area (Å²) in [5.41, 5.74) is 2.45. The van der Waals surface area contributed by atoms with E-state index in [2.05, 4.69) is 35.2 Å². The second kappa shape index (κ2) is 9.22. The normalized spacial score (nSPS) is 28.2. The van der Waals surface area contributed by atoms with Crippen LogP contribution in [0.2, 0.25) is 4.34 Å². The van der Waals surface area contributed by atoms with E-state index in [0.717, 1.165) is 42.0 Å². The molecule has 4 atom stereocenters. The van der Waals surface area contributed by atoms with E-state index in [0.29, 0.717) is 5.91 Å². The number of fused-ring (bicyclic) bond motifs is 2. The van der Waals surface area contributed by atoms with E-state index < -0.39 is 0 Å². The van der Waals surface area contributed by atoms with Crippen LogP contribution in [0.3, 0.4) is 0 Å². The maximum Gasteiger partial charge on any atom is 0.226 e. The predicted molar refractivity (Wildman–Crippen MR) is 123 cm³/mol. The van der Waals surface area contributed by atoms with Crippen molar-refractivity contribution in [2.75, 3.05) is 6.54 Å². The minimum Gasteiger partial charge on any atom is -0.331 e. The van der Waals surface area contributed by atoms with Crippen LogP contribution in [0.5, 0.6) is 0 Å². The average Bonchev–Trinajstić information content (AvgIpc) is 3.39. The zero-order chi connectivity index (χ0) is 20.4. The Bertz CT molecular complexity index is 833. The van der Waals surface area contributed by atoms with Crippen molar-refractivity contribution < 1.29 is 4.79 Å². The molecule has 2 nitrogen and oxygen atoms in total. The number of hydrogen-bond acceptors (Lipinski definition) is 2. The third kappa shape index (κ3) is 4.14. The number of thiophene rings is 1. The van der Waals surface area contributed by atoms with Crippen LogP contribution in [-0.2, 0) is 11.2 Å². The Morgan fingerprint density at radius 3 is 2.62 bits per heavy atom. The fourth-order valence-corrected chi connectivity index (χ4v) is 7.05. The molecule has 1 aromatic heterocycles. The van der Waals surface area contributed by atoms with Gasteiger partial charge in [0.15, 0.2) is 0 Å². The highest BCUT2D eigenvalue weighted by atomic mass is 35.5. The lowest BCUT2D eigenvalue weighted by molar-refractivity contribution is -0.139. The number of amides is 1.